The van der Waals surface area contributed by atoms with Gasteiger partial charge >= 0.3 is 0 Å². The molecule has 13 heavy (non-hydrogen) atoms. The highest BCUT2D eigenvalue weighted by molar-refractivity contribution is 7.99. The first-order valence-corrected chi connectivity index (χ1v) is 6.90. The van der Waals surface area contributed by atoms with E-state index in [9.17, 15) is 0 Å². The number of unbranched alkanes of at least 4 members (excludes halogenated alkanes) is 1. The van der Waals surface area contributed by atoms with Gasteiger partial charge in [-0.2, -0.15) is 11.8 Å². The molecule has 0 unspecified atom stereocenters. The van der Waals surface area contributed by atoms with E-state index in [2.05, 4.69) is 18.7 Å². The molecule has 0 aliphatic rings. The van der Waals surface area contributed by atoms with Crippen LogP contribution in [-0.2, 0) is 0 Å². The van der Waals surface area contributed by atoms with Gasteiger partial charge in [0, 0.05) is 24.7 Å². The van der Waals surface area contributed by atoms with Gasteiger partial charge in [-0.1, -0.05) is 20.3 Å². The summed E-state index contributed by atoms with van der Waals surface area (Å²) in [6.07, 6.45) is 2.58. The van der Waals surface area contributed by atoms with Crippen molar-refractivity contribution in [2.24, 2.45) is 0 Å². The second-order valence-corrected chi connectivity index (χ2v) is 4.85. The van der Waals surface area contributed by atoms with Crippen LogP contribution < -0.4 is 0 Å². The summed E-state index contributed by atoms with van der Waals surface area (Å²) in [6.45, 7) is 7.91. The molecule has 80 valence electrons. The molecule has 0 spiro atoms. The van der Waals surface area contributed by atoms with Crippen LogP contribution in [0.3, 0.4) is 0 Å². The summed E-state index contributed by atoms with van der Waals surface area (Å²) in [5, 5.41) is 0. The van der Waals surface area contributed by atoms with Gasteiger partial charge in [0.05, 0.1) is 0 Å². The molecule has 0 fully saturated rings. The van der Waals surface area contributed by atoms with Gasteiger partial charge in [0.2, 0.25) is 0 Å². The zero-order valence-electron chi connectivity index (χ0n) is 8.89. The lowest BCUT2D eigenvalue weighted by molar-refractivity contribution is 0.303. The average molecular weight is 224 g/mol. The number of halogens is 1. The van der Waals surface area contributed by atoms with Crippen molar-refractivity contribution < 1.29 is 0 Å². The number of thioether (sulfide) groups is 1. The number of alkyl halides is 1. The lowest BCUT2D eigenvalue weighted by atomic mass is 10.3. The van der Waals surface area contributed by atoms with Crippen LogP contribution in [0.4, 0.5) is 0 Å². The summed E-state index contributed by atoms with van der Waals surface area (Å²) >= 11 is 7.75. The van der Waals surface area contributed by atoms with Crippen molar-refractivity contribution in [2.45, 2.75) is 26.7 Å². The van der Waals surface area contributed by atoms with Crippen LogP contribution in [0, 0.1) is 0 Å². The van der Waals surface area contributed by atoms with Crippen LogP contribution in [-0.4, -0.2) is 41.9 Å². The SMILES string of the molecule is CCCCN(CCCl)CCSCC. The topological polar surface area (TPSA) is 3.24 Å². The van der Waals surface area contributed by atoms with Crippen LogP contribution in [0.25, 0.3) is 0 Å². The normalized spacial score (nSPS) is 11.1. The van der Waals surface area contributed by atoms with Crippen molar-refractivity contribution in [3.8, 4) is 0 Å². The molecule has 0 aliphatic carbocycles. The smallest absolute Gasteiger partial charge is 0.0351 e. The van der Waals surface area contributed by atoms with Crippen LogP contribution in [0.15, 0.2) is 0 Å². The molecule has 0 N–H and O–H groups in total. The minimum atomic E-state index is 0.764. The summed E-state index contributed by atoms with van der Waals surface area (Å²) in [6, 6.07) is 0. The molecular formula is C10H22ClNS. The van der Waals surface area contributed by atoms with Gasteiger partial charge in [-0.3, -0.25) is 0 Å². The highest BCUT2D eigenvalue weighted by atomic mass is 35.5. The zero-order valence-corrected chi connectivity index (χ0v) is 10.5. The summed E-state index contributed by atoms with van der Waals surface area (Å²) in [4.78, 5) is 2.47. The van der Waals surface area contributed by atoms with E-state index in [0.29, 0.717) is 0 Å². The molecule has 1 nitrogen and oxygen atoms in total. The molecule has 0 amide bonds. The predicted molar refractivity (Wildman–Crippen MR) is 65.1 cm³/mol. The highest BCUT2D eigenvalue weighted by Gasteiger charge is 2.02. The number of hydrogen-bond acceptors (Lipinski definition) is 2. The third-order valence-corrected chi connectivity index (χ3v) is 3.03. The average Bonchev–Trinajstić information content (AvgIpc) is 2.14. The number of nitrogens with zero attached hydrogens (tertiary/aromatic N) is 1. The van der Waals surface area contributed by atoms with E-state index in [1.54, 1.807) is 0 Å². The molecule has 0 rings (SSSR count). The van der Waals surface area contributed by atoms with Crippen LogP contribution in [0.2, 0.25) is 0 Å². The number of rotatable bonds is 9. The maximum Gasteiger partial charge on any atom is 0.0351 e. The van der Waals surface area contributed by atoms with Crippen LogP contribution in [0.1, 0.15) is 26.7 Å². The molecule has 0 aromatic heterocycles. The monoisotopic (exact) mass is 223 g/mol. The van der Waals surface area contributed by atoms with Gasteiger partial charge in [0.1, 0.15) is 0 Å². The molecule has 0 radical (unpaired) electrons. The Labute approximate surface area is 92.2 Å². The van der Waals surface area contributed by atoms with E-state index in [1.165, 1.54) is 37.4 Å². The first-order valence-electron chi connectivity index (χ1n) is 5.21. The van der Waals surface area contributed by atoms with Crippen LogP contribution in [0.5, 0.6) is 0 Å². The summed E-state index contributed by atoms with van der Waals surface area (Å²) < 4.78 is 0. The first kappa shape index (κ1) is 13.6. The Hall–Kier alpha value is 0.600. The maximum atomic E-state index is 5.74. The zero-order chi connectivity index (χ0) is 9.94. The molecule has 0 heterocycles. The summed E-state index contributed by atoms with van der Waals surface area (Å²) in [5.74, 6) is 3.24. The summed E-state index contributed by atoms with van der Waals surface area (Å²) in [7, 11) is 0. The van der Waals surface area contributed by atoms with Gasteiger partial charge in [-0.25, -0.2) is 0 Å². The molecule has 0 aliphatic heterocycles. The van der Waals surface area contributed by atoms with Gasteiger partial charge in [0.25, 0.3) is 0 Å². The Morgan fingerprint density at radius 3 is 2.46 bits per heavy atom. The number of hydrogen-bond donors (Lipinski definition) is 0. The third kappa shape index (κ3) is 8.92. The molecule has 0 saturated carbocycles. The molecule has 0 bridgehead atoms. The van der Waals surface area contributed by atoms with Crippen molar-refractivity contribution in [3.05, 3.63) is 0 Å². The second-order valence-electron chi connectivity index (χ2n) is 3.08. The Morgan fingerprint density at radius 1 is 1.15 bits per heavy atom. The molecule has 0 atom stereocenters. The van der Waals surface area contributed by atoms with E-state index < -0.39 is 0 Å². The minimum absolute atomic E-state index is 0.764. The van der Waals surface area contributed by atoms with E-state index in [0.717, 1.165) is 12.4 Å². The Kier molecular flexibility index (Phi) is 11.2. The van der Waals surface area contributed by atoms with E-state index in [1.807, 2.05) is 11.8 Å². The van der Waals surface area contributed by atoms with E-state index >= 15 is 0 Å². The standard InChI is InChI=1S/C10H22ClNS/c1-3-5-7-12(8-6-11)9-10-13-4-2/h3-10H2,1-2H3. The summed E-state index contributed by atoms with van der Waals surface area (Å²) in [5.41, 5.74) is 0. The van der Waals surface area contributed by atoms with E-state index in [4.69, 9.17) is 11.6 Å². The maximum absolute atomic E-state index is 5.74. The van der Waals surface area contributed by atoms with Crippen molar-refractivity contribution in [2.75, 3.05) is 37.0 Å². The highest BCUT2D eigenvalue weighted by Crippen LogP contribution is 2.02. The molecule has 3 heteroatoms. The van der Waals surface area contributed by atoms with Gasteiger partial charge < -0.3 is 4.90 Å². The second kappa shape index (κ2) is 10.7. The Bertz CT molecular complexity index is 101. The fraction of sp³-hybridized carbons (Fsp3) is 1.00. The van der Waals surface area contributed by atoms with Crippen molar-refractivity contribution in [1.82, 2.24) is 4.90 Å². The van der Waals surface area contributed by atoms with Crippen molar-refractivity contribution in [1.29, 1.82) is 0 Å². The Morgan fingerprint density at radius 2 is 1.92 bits per heavy atom. The first-order chi connectivity index (χ1) is 6.35. The van der Waals surface area contributed by atoms with Gasteiger partial charge in [-0.05, 0) is 18.7 Å². The molecule has 0 saturated heterocycles. The quantitative estimate of drug-likeness (QED) is 0.437. The van der Waals surface area contributed by atoms with Crippen molar-refractivity contribution in [3.63, 3.8) is 0 Å². The molecule has 0 aromatic carbocycles. The van der Waals surface area contributed by atoms with Gasteiger partial charge in [-0.15, -0.1) is 11.6 Å². The predicted octanol–water partition coefficient (Wildman–Crippen LogP) is 3.08. The van der Waals surface area contributed by atoms with Crippen molar-refractivity contribution >= 4 is 23.4 Å². The van der Waals surface area contributed by atoms with Gasteiger partial charge in [0.15, 0.2) is 0 Å². The minimum Gasteiger partial charge on any atom is -0.301 e. The fourth-order valence-corrected chi connectivity index (χ4v) is 2.09. The third-order valence-electron chi connectivity index (χ3n) is 1.98. The fourth-order valence-electron chi connectivity index (χ4n) is 1.17. The van der Waals surface area contributed by atoms with Crippen LogP contribution >= 0.6 is 23.4 Å². The molecular weight excluding hydrogens is 202 g/mol. The largest absolute Gasteiger partial charge is 0.301 e. The molecule has 0 aromatic rings. The lowest BCUT2D eigenvalue weighted by Crippen LogP contribution is -2.29. The van der Waals surface area contributed by atoms with E-state index in [-0.39, 0.29) is 0 Å². The Balaban J connectivity index is 3.41. The lowest BCUT2D eigenvalue weighted by Gasteiger charge is -2.20.